The Morgan fingerprint density at radius 1 is 0.277 bits per heavy atom. The van der Waals surface area contributed by atoms with Gasteiger partial charge in [-0.1, -0.05) is 409 Å². The monoisotopic (exact) mass is 1750 g/mol. The number of nitrogens with zero attached hydrogens (tertiary/aromatic N) is 6. The van der Waals surface area contributed by atoms with Crippen LogP contribution in [0.25, 0.3) is 99.3 Å². The van der Waals surface area contributed by atoms with Crippen LogP contribution < -0.4 is 42.5 Å². The summed E-state index contributed by atoms with van der Waals surface area (Å²) in [6.07, 6.45) is 0. The molecule has 0 spiro atoms. The number of hydrogen-bond donors (Lipinski definition) is 2. The topological polar surface area (TPSA) is 82.6 Å². The highest BCUT2D eigenvalue weighted by atomic mass is 79.9. The van der Waals surface area contributed by atoms with Crippen molar-refractivity contribution in [3.05, 3.63) is 510 Å². The molecule has 0 saturated carbocycles. The summed E-state index contributed by atoms with van der Waals surface area (Å²) in [6, 6.07) is 165. The lowest BCUT2D eigenvalue weighted by atomic mass is 9.39. The number of rotatable bonds is 10. The van der Waals surface area contributed by atoms with Gasteiger partial charge in [-0.15, -0.1) is 0 Å². The van der Waals surface area contributed by atoms with E-state index in [1.807, 2.05) is 48.5 Å². The molecule has 1 atom stereocenters. The van der Waals surface area contributed by atoms with E-state index in [-0.39, 0.29) is 30.8 Å². The van der Waals surface area contributed by atoms with Gasteiger partial charge in [0.25, 0.3) is 0 Å². The molecule has 18 aromatic carbocycles. The maximum absolute atomic E-state index is 10.3. The summed E-state index contributed by atoms with van der Waals surface area (Å²) in [5.41, 5.74) is 34.8. The molecule has 616 valence electrons. The van der Waals surface area contributed by atoms with Crippen LogP contribution in [0.15, 0.2) is 466 Å². The van der Waals surface area contributed by atoms with Crippen LogP contribution in [0.3, 0.4) is 0 Å². The van der Waals surface area contributed by atoms with E-state index in [0.717, 1.165) is 71.9 Å². The maximum Gasteiger partial charge on any atom is 0.592 e. The van der Waals surface area contributed by atoms with Gasteiger partial charge in [0.15, 0.2) is 0 Å². The van der Waals surface area contributed by atoms with Gasteiger partial charge >= 0.3 is 7.25 Å². The van der Waals surface area contributed by atoms with Crippen molar-refractivity contribution >= 4 is 173 Å². The summed E-state index contributed by atoms with van der Waals surface area (Å²) in [5.74, 6) is 0. The smallest absolute Gasteiger partial charge is 0.407 e. The van der Waals surface area contributed by atoms with Crippen LogP contribution in [0, 0.1) is 0 Å². The first-order valence-corrected chi connectivity index (χ1v) is 44.5. The Morgan fingerprint density at radius 3 is 1.03 bits per heavy atom. The first-order valence-electron chi connectivity index (χ1n) is 43.7. The Bertz CT molecular complexity index is 7950. The molecule has 0 saturated heterocycles. The molecule has 1 unspecified atom stereocenters. The molecule has 130 heavy (non-hydrogen) atoms. The summed E-state index contributed by atoms with van der Waals surface area (Å²) < 4.78 is 5.89. The van der Waals surface area contributed by atoms with Gasteiger partial charge in [0, 0.05) is 54.5 Å². The van der Waals surface area contributed by atoms with Gasteiger partial charge in [-0.2, -0.15) is 9.90 Å². The van der Waals surface area contributed by atoms with Crippen molar-refractivity contribution in [2.24, 2.45) is 0 Å². The van der Waals surface area contributed by atoms with Crippen molar-refractivity contribution in [2.75, 3.05) is 9.71 Å². The summed E-state index contributed by atoms with van der Waals surface area (Å²) in [6.45, 7) is 0.228. The average Bonchev–Trinajstić information content (AvgIpc) is 0.954. The molecular weight excluding hydrogens is 1660 g/mol. The molecule has 4 aromatic heterocycles. The number of para-hydroxylation sites is 8. The van der Waals surface area contributed by atoms with Crippen LogP contribution in [-0.4, -0.2) is 49.8 Å². The van der Waals surface area contributed by atoms with Crippen LogP contribution in [0.2, 0.25) is 0 Å². The van der Waals surface area contributed by atoms with Crippen molar-refractivity contribution in [2.45, 2.75) is 18.3 Å². The van der Waals surface area contributed by atoms with E-state index in [9.17, 15) is 10.0 Å². The maximum atomic E-state index is 10.3. The van der Waals surface area contributed by atoms with E-state index in [0.29, 0.717) is 0 Å². The van der Waals surface area contributed by atoms with Gasteiger partial charge in [-0.05, 0) is 174 Å². The minimum Gasteiger partial charge on any atom is -0.407 e. The fourth-order valence-corrected chi connectivity index (χ4v) is 22.1. The fourth-order valence-electron chi connectivity index (χ4n) is 21.7. The van der Waals surface area contributed by atoms with Crippen LogP contribution in [0.1, 0.15) is 51.9 Å². The number of benzene rings is 18. The molecular formula is C117H85B3BrN6O2P. The van der Waals surface area contributed by atoms with Gasteiger partial charge in [0.05, 0.1) is 66.7 Å². The Balaban J connectivity index is 0.000000124. The van der Waals surface area contributed by atoms with Crippen molar-refractivity contribution < 1.29 is 10.0 Å². The van der Waals surface area contributed by atoms with Crippen molar-refractivity contribution in [1.29, 1.82) is 0 Å². The summed E-state index contributed by atoms with van der Waals surface area (Å²) >= 11 is 3.70. The zero-order valence-corrected chi connectivity index (χ0v) is 73.3. The molecule has 0 amide bonds. The summed E-state index contributed by atoms with van der Waals surface area (Å²) in [4.78, 5) is 14.5. The zero-order valence-electron chi connectivity index (χ0n) is 70.3. The summed E-state index contributed by atoms with van der Waals surface area (Å²) in [7, 11) is -1.64. The zero-order chi connectivity index (χ0) is 85.1. The average molecular weight is 1750 g/mol. The van der Waals surface area contributed by atoms with Gasteiger partial charge in [-0.25, -0.2) is 9.97 Å². The number of fused-ring (bicyclic) bond motifs is 18. The third kappa shape index (κ3) is 12.8. The fraction of sp³-hybridized carbons (Fsp3) is 0.0256. The predicted octanol–water partition coefficient (Wildman–Crippen LogP) is 23.8. The normalized spacial score (nSPS) is 13.1. The van der Waals surface area contributed by atoms with Crippen LogP contribution >= 0.6 is 25.8 Å². The van der Waals surface area contributed by atoms with E-state index in [2.05, 4.69) is 442 Å². The van der Waals surface area contributed by atoms with Crippen molar-refractivity contribution in [3.63, 3.8) is 0 Å². The second kappa shape index (κ2) is 33.0. The molecule has 26 rings (SSSR count). The Kier molecular flexibility index (Phi) is 20.5. The first kappa shape index (κ1) is 80.8. The molecule has 4 aliphatic rings. The number of pyridine rings is 2. The van der Waals surface area contributed by atoms with Gasteiger partial charge in [-0.3, -0.25) is 0 Å². The van der Waals surface area contributed by atoms with E-state index in [1.165, 1.54) is 138 Å². The molecule has 8 heterocycles. The quantitative estimate of drug-likeness (QED) is 0.105. The predicted molar refractivity (Wildman–Crippen MR) is 554 cm³/mol. The highest BCUT2D eigenvalue weighted by molar-refractivity contribution is 9.10. The van der Waals surface area contributed by atoms with Crippen LogP contribution in [0.5, 0.6) is 0 Å². The minimum absolute atomic E-state index is 0. The highest BCUT2D eigenvalue weighted by Crippen LogP contribution is 2.59. The molecule has 13 heteroatoms. The Labute approximate surface area is 768 Å². The second-order valence-electron chi connectivity index (χ2n) is 33.6. The highest BCUT2D eigenvalue weighted by Gasteiger charge is 2.50. The first-order chi connectivity index (χ1) is 63.3. The van der Waals surface area contributed by atoms with E-state index in [1.54, 1.807) is 4.81 Å². The molecule has 2 N–H and O–H groups in total. The van der Waals surface area contributed by atoms with Crippen molar-refractivity contribution in [1.82, 2.24) is 19.1 Å². The Hall–Kier alpha value is -15.0. The molecule has 8 nitrogen and oxygen atoms in total. The number of aromatic nitrogens is 4. The van der Waals surface area contributed by atoms with Crippen LogP contribution in [0.4, 0.5) is 28.4 Å². The van der Waals surface area contributed by atoms with Gasteiger partial charge in [0.1, 0.15) is 0 Å². The largest absolute Gasteiger partial charge is 0.592 e. The minimum atomic E-state index is -1.64. The molecule has 0 bridgehead atoms. The molecule has 0 radical (unpaired) electrons. The van der Waals surface area contributed by atoms with E-state index in [4.69, 9.17) is 9.97 Å². The lowest BCUT2D eigenvalue weighted by Crippen LogP contribution is -2.48. The van der Waals surface area contributed by atoms with E-state index < -0.39 is 18.1 Å². The number of halogens is 1. The van der Waals surface area contributed by atoms with E-state index >= 15 is 0 Å². The van der Waals surface area contributed by atoms with Crippen LogP contribution in [-0.2, 0) is 10.8 Å². The van der Waals surface area contributed by atoms with Gasteiger partial charge in [0.2, 0.25) is 13.4 Å². The SMILES string of the molecule is Brc1ccc2c3cc(B4c5ccccc5-c5nc6ccccc6cc54)ccc3n(-c3ccccc3)c2c1.C.OB(O)N1c2ccccc2C(c2ccccc2)(c2ccccc2)c2ccccc21.P.c1ccc(-n2c3ccc(B4c5ccccc5-c5nc6ccccc6cc54)cc3c3ccc(N4c5ccccc5C(c5ccccc5)(c5ccccc5)c5ccccc54)cc32)cc1. The summed E-state index contributed by atoms with van der Waals surface area (Å²) in [5, 5.41) is 27.9. The second-order valence-corrected chi connectivity index (χ2v) is 34.5. The molecule has 22 aromatic rings. The van der Waals surface area contributed by atoms with Crippen molar-refractivity contribution in [3.8, 4) is 33.9 Å². The third-order valence-electron chi connectivity index (χ3n) is 27.0. The lowest BCUT2D eigenvalue weighted by molar-refractivity contribution is 0.406. The van der Waals surface area contributed by atoms with Gasteiger partial charge < -0.3 is 28.9 Å². The standard InChI is InChI=1S/C58H38BN3.C33H20BBrN2.C25H20BNO2.CH4.H3P/c1-4-19-40(20-5-1)58(41-21-6-2-7-22-41)48-26-12-16-30-54(48)62(55-31-17-13-27-49(55)58)44-33-34-45-47-37-42(32-35-53(47)61(56(45)38-44)43-23-8-3-9-24-43)59-50-28-14-11-25-46(50)57-51(59)36-39-18-10-15-29-52(39)60-57;35-23-15-16-25-27-19-22(14-17-31(27)37(32(25)20-23)24-9-2-1-3-10-24)34-28-12-6-5-11-26(28)33-29(34)18-21-8-4-7-13-30(21)36-33;28-26(29)27-23-17-9-7-15-21(23)25(19-11-3-1-4-12-19,20-13-5-2-6-14-20)22-16-8-10-18-24(22)27;;/h1-38H;1-20H;1-18,28-29H;1H4;1H3. The third-order valence-corrected chi connectivity index (χ3v) is 27.4. The molecule has 0 fully saturated rings. The molecule has 4 aliphatic heterocycles. The molecule has 0 aliphatic carbocycles. The number of hydrogen-bond acceptors (Lipinski definition) is 6. The number of anilines is 5. The lowest BCUT2D eigenvalue weighted by Gasteiger charge is -2.46. The Morgan fingerprint density at radius 2 is 0.615 bits per heavy atom.